The van der Waals surface area contributed by atoms with Crippen LogP contribution in [-0.4, -0.2) is 46.2 Å². The summed E-state index contributed by atoms with van der Waals surface area (Å²) in [6.07, 6.45) is 5.29. The molecule has 0 aromatic heterocycles. The lowest BCUT2D eigenvalue weighted by atomic mass is 9.88. The van der Waals surface area contributed by atoms with Crippen LogP contribution >= 0.6 is 0 Å². The number of carboxylic acid groups (broad SMARTS) is 1. The molecule has 2 N–H and O–H groups in total. The van der Waals surface area contributed by atoms with Gasteiger partial charge in [0.15, 0.2) is 0 Å². The summed E-state index contributed by atoms with van der Waals surface area (Å²) in [5.74, 6) is -1.51. The Labute approximate surface area is 120 Å². The van der Waals surface area contributed by atoms with Crippen molar-refractivity contribution < 1.29 is 19.8 Å². The van der Waals surface area contributed by atoms with Crippen LogP contribution in [0.2, 0.25) is 0 Å². The minimum absolute atomic E-state index is 0.0490. The fourth-order valence-electron chi connectivity index (χ4n) is 3.51. The van der Waals surface area contributed by atoms with Gasteiger partial charge in [0.25, 0.3) is 0 Å². The van der Waals surface area contributed by atoms with Gasteiger partial charge in [0.1, 0.15) is 0 Å². The van der Waals surface area contributed by atoms with Gasteiger partial charge in [0, 0.05) is 12.6 Å². The van der Waals surface area contributed by atoms with Crippen LogP contribution in [-0.2, 0) is 9.59 Å². The van der Waals surface area contributed by atoms with Gasteiger partial charge in [0.2, 0.25) is 5.91 Å². The van der Waals surface area contributed by atoms with Crippen molar-refractivity contribution in [3.05, 3.63) is 0 Å². The highest BCUT2D eigenvalue weighted by Gasteiger charge is 2.45. The van der Waals surface area contributed by atoms with Crippen molar-refractivity contribution >= 4 is 11.9 Å². The predicted octanol–water partition coefficient (Wildman–Crippen LogP) is 1.50. The summed E-state index contributed by atoms with van der Waals surface area (Å²) in [6.45, 7) is 2.33. The van der Waals surface area contributed by atoms with Crippen molar-refractivity contribution in [2.45, 2.75) is 51.5 Å². The molecule has 1 amide bonds. The Balaban J connectivity index is 2.09. The highest BCUT2D eigenvalue weighted by molar-refractivity contribution is 5.85. The van der Waals surface area contributed by atoms with Gasteiger partial charge >= 0.3 is 5.97 Å². The Kier molecular flexibility index (Phi) is 5.02. The van der Waals surface area contributed by atoms with Crippen LogP contribution < -0.4 is 0 Å². The van der Waals surface area contributed by atoms with E-state index in [0.29, 0.717) is 25.3 Å². The number of amides is 1. The molecule has 114 valence electrons. The van der Waals surface area contributed by atoms with Gasteiger partial charge in [-0.25, -0.2) is 0 Å². The SMILES string of the molecule is CCC1C[C@H](C(=O)N(CCO)C2CCC2)[C@H](C(=O)O)C1. The first-order valence-corrected chi connectivity index (χ1v) is 7.72. The lowest BCUT2D eigenvalue weighted by molar-refractivity contribution is -0.151. The van der Waals surface area contributed by atoms with E-state index in [-0.39, 0.29) is 18.6 Å². The van der Waals surface area contributed by atoms with Crippen LogP contribution in [0.15, 0.2) is 0 Å². The normalized spacial score (nSPS) is 30.0. The van der Waals surface area contributed by atoms with Gasteiger partial charge in [-0.05, 0) is 38.0 Å². The van der Waals surface area contributed by atoms with Gasteiger partial charge in [-0.2, -0.15) is 0 Å². The Hall–Kier alpha value is -1.10. The fourth-order valence-corrected chi connectivity index (χ4v) is 3.51. The van der Waals surface area contributed by atoms with E-state index in [9.17, 15) is 14.7 Å². The number of carboxylic acids is 1. The maximum atomic E-state index is 12.7. The summed E-state index contributed by atoms with van der Waals surface area (Å²) in [7, 11) is 0. The molecule has 2 saturated carbocycles. The minimum atomic E-state index is -0.850. The molecule has 0 radical (unpaired) electrons. The van der Waals surface area contributed by atoms with E-state index >= 15 is 0 Å². The number of hydrogen-bond acceptors (Lipinski definition) is 3. The molecule has 1 unspecified atom stereocenters. The van der Waals surface area contributed by atoms with E-state index in [1.165, 1.54) is 0 Å². The number of nitrogens with zero attached hydrogens (tertiary/aromatic N) is 1. The number of rotatable bonds is 6. The third kappa shape index (κ3) is 2.97. The van der Waals surface area contributed by atoms with Gasteiger partial charge in [-0.1, -0.05) is 13.3 Å². The lowest BCUT2D eigenvalue weighted by Gasteiger charge is -2.39. The van der Waals surface area contributed by atoms with E-state index in [4.69, 9.17) is 5.11 Å². The number of carbonyl (C=O) groups excluding carboxylic acids is 1. The second-order valence-corrected chi connectivity index (χ2v) is 6.14. The minimum Gasteiger partial charge on any atom is -0.481 e. The van der Waals surface area contributed by atoms with Crippen molar-refractivity contribution in [3.63, 3.8) is 0 Å². The quantitative estimate of drug-likeness (QED) is 0.774. The second-order valence-electron chi connectivity index (χ2n) is 6.14. The van der Waals surface area contributed by atoms with Crippen molar-refractivity contribution in [1.29, 1.82) is 0 Å². The first-order chi connectivity index (χ1) is 9.58. The molecule has 20 heavy (non-hydrogen) atoms. The third-order valence-corrected chi connectivity index (χ3v) is 5.01. The molecule has 2 aliphatic rings. The average molecular weight is 283 g/mol. The zero-order valence-corrected chi connectivity index (χ0v) is 12.1. The monoisotopic (exact) mass is 283 g/mol. The van der Waals surface area contributed by atoms with E-state index < -0.39 is 17.8 Å². The van der Waals surface area contributed by atoms with Crippen molar-refractivity contribution in [1.82, 2.24) is 4.90 Å². The zero-order valence-electron chi connectivity index (χ0n) is 12.1. The van der Waals surface area contributed by atoms with Gasteiger partial charge in [0.05, 0.1) is 18.4 Å². The highest BCUT2D eigenvalue weighted by atomic mass is 16.4. The summed E-state index contributed by atoms with van der Waals surface area (Å²) in [5, 5.41) is 18.5. The predicted molar refractivity (Wildman–Crippen MR) is 74.1 cm³/mol. The van der Waals surface area contributed by atoms with Crippen molar-refractivity contribution in [3.8, 4) is 0 Å². The fraction of sp³-hybridized carbons (Fsp3) is 0.867. The number of aliphatic hydroxyl groups is 1. The van der Waals surface area contributed by atoms with E-state index in [0.717, 1.165) is 25.7 Å². The summed E-state index contributed by atoms with van der Waals surface area (Å²) >= 11 is 0. The molecule has 2 rings (SSSR count). The molecule has 0 spiro atoms. The van der Waals surface area contributed by atoms with Crippen LogP contribution in [0.5, 0.6) is 0 Å². The van der Waals surface area contributed by atoms with Crippen LogP contribution in [0.3, 0.4) is 0 Å². The maximum Gasteiger partial charge on any atom is 0.307 e. The second kappa shape index (κ2) is 6.57. The largest absolute Gasteiger partial charge is 0.481 e. The van der Waals surface area contributed by atoms with Crippen molar-refractivity contribution in [2.75, 3.05) is 13.2 Å². The number of carbonyl (C=O) groups is 2. The summed E-state index contributed by atoms with van der Waals surface area (Å²) in [5.41, 5.74) is 0. The molecule has 0 bridgehead atoms. The van der Waals surface area contributed by atoms with Gasteiger partial charge in [-0.3, -0.25) is 9.59 Å². The Morgan fingerprint density at radius 3 is 2.30 bits per heavy atom. The molecule has 3 atom stereocenters. The molecule has 2 aliphatic carbocycles. The first kappa shape index (κ1) is 15.3. The van der Waals surface area contributed by atoms with Gasteiger partial charge < -0.3 is 15.1 Å². The molecule has 5 heteroatoms. The molecular formula is C15H25NO4. The molecule has 0 heterocycles. The smallest absolute Gasteiger partial charge is 0.307 e. The lowest BCUT2D eigenvalue weighted by Crippen LogP contribution is -2.49. The molecule has 2 fully saturated rings. The molecule has 0 aromatic rings. The molecule has 0 saturated heterocycles. The van der Waals surface area contributed by atoms with E-state index in [1.54, 1.807) is 4.90 Å². The highest BCUT2D eigenvalue weighted by Crippen LogP contribution is 2.40. The average Bonchev–Trinajstić information content (AvgIpc) is 2.79. The summed E-state index contributed by atoms with van der Waals surface area (Å²) in [4.78, 5) is 25.8. The van der Waals surface area contributed by atoms with E-state index in [1.807, 2.05) is 6.92 Å². The van der Waals surface area contributed by atoms with Gasteiger partial charge in [-0.15, -0.1) is 0 Å². The molecule has 0 aromatic carbocycles. The summed E-state index contributed by atoms with van der Waals surface area (Å²) < 4.78 is 0. The number of aliphatic hydroxyl groups excluding tert-OH is 1. The molecular weight excluding hydrogens is 258 g/mol. The zero-order chi connectivity index (χ0) is 14.7. The first-order valence-electron chi connectivity index (χ1n) is 7.72. The Morgan fingerprint density at radius 1 is 1.20 bits per heavy atom. The van der Waals surface area contributed by atoms with Crippen LogP contribution in [0, 0.1) is 17.8 Å². The van der Waals surface area contributed by atoms with Crippen LogP contribution in [0.25, 0.3) is 0 Å². The van der Waals surface area contributed by atoms with Crippen LogP contribution in [0.1, 0.15) is 45.4 Å². The molecule has 5 nitrogen and oxygen atoms in total. The van der Waals surface area contributed by atoms with Crippen molar-refractivity contribution in [2.24, 2.45) is 17.8 Å². The Bertz CT molecular complexity index is 367. The summed E-state index contributed by atoms with van der Waals surface area (Å²) in [6, 6.07) is 0.213. The standard InChI is InChI=1S/C15H25NO4/c1-2-10-8-12(13(9-10)15(19)20)14(18)16(6-7-17)11-4-3-5-11/h10-13,17H,2-9H2,1H3,(H,19,20)/t10?,12-,13+/m0/s1. The number of aliphatic carboxylic acids is 1. The number of hydrogen-bond donors (Lipinski definition) is 2. The maximum absolute atomic E-state index is 12.7. The van der Waals surface area contributed by atoms with Crippen LogP contribution in [0.4, 0.5) is 0 Å². The van der Waals surface area contributed by atoms with E-state index in [2.05, 4.69) is 0 Å². The third-order valence-electron chi connectivity index (χ3n) is 5.01. The molecule has 0 aliphatic heterocycles. The topological polar surface area (TPSA) is 77.8 Å². The Morgan fingerprint density at radius 2 is 1.85 bits per heavy atom.